The number of aromatic nitrogens is 4. The number of hydrogen-bond donors (Lipinski definition) is 0. The minimum Gasteiger partial charge on any atom is -0.476 e. The maximum atomic E-state index is 12.8. The molecule has 0 radical (unpaired) electrons. The number of rotatable bonds is 6. The van der Waals surface area contributed by atoms with Gasteiger partial charge in [-0.15, -0.1) is 0 Å². The molecule has 0 saturated carbocycles. The van der Waals surface area contributed by atoms with E-state index in [-0.39, 0.29) is 11.7 Å². The number of hydrogen-bond acceptors (Lipinski definition) is 5. The molecule has 1 aromatic carbocycles. The van der Waals surface area contributed by atoms with Gasteiger partial charge in [-0.1, -0.05) is 6.07 Å². The van der Waals surface area contributed by atoms with Crippen LogP contribution >= 0.6 is 0 Å². The molecule has 3 heterocycles. The maximum Gasteiger partial charge on any atom is 0.329 e. The number of fused-ring (bicyclic) bond motifs is 3. The molecule has 4 rings (SSSR count). The summed E-state index contributed by atoms with van der Waals surface area (Å²) >= 11 is 0. The molecule has 4 aromatic rings. The van der Waals surface area contributed by atoms with E-state index in [1.165, 1.54) is 0 Å². The Balaban J connectivity index is 1.77. The van der Waals surface area contributed by atoms with Gasteiger partial charge in [0.05, 0.1) is 22.7 Å². The zero-order valence-electron chi connectivity index (χ0n) is 18.1. The molecule has 0 aliphatic carbocycles. The summed E-state index contributed by atoms with van der Waals surface area (Å²) in [5, 5.41) is 0.961. The Bertz CT molecular complexity index is 1250. The smallest absolute Gasteiger partial charge is 0.329 e. The van der Waals surface area contributed by atoms with Crippen LogP contribution in [0.15, 0.2) is 47.5 Å². The summed E-state index contributed by atoms with van der Waals surface area (Å²) in [5.41, 5.74) is 4.60. The average Bonchev–Trinajstić information content (AvgIpc) is 2.99. The number of aryl methyl sites for hydroxylation is 1. The molecular formula is C23H27N5O2. The number of benzene rings is 1. The molecule has 0 amide bonds. The highest BCUT2D eigenvalue weighted by molar-refractivity contribution is 6.04. The molecule has 7 nitrogen and oxygen atoms in total. The lowest BCUT2D eigenvalue weighted by Crippen LogP contribution is -2.23. The fraction of sp³-hybridized carbons (Fsp3) is 0.348. The van der Waals surface area contributed by atoms with Gasteiger partial charge in [0, 0.05) is 42.8 Å². The molecule has 0 saturated heterocycles. The van der Waals surface area contributed by atoms with Crippen molar-refractivity contribution in [3.8, 4) is 17.0 Å². The largest absolute Gasteiger partial charge is 0.476 e. The molecule has 0 aliphatic rings. The minimum absolute atomic E-state index is 0.0272. The van der Waals surface area contributed by atoms with E-state index in [1.807, 2.05) is 63.0 Å². The maximum absolute atomic E-state index is 12.8. The standard InChI is InChI=1S/C23H27N5O2/c1-15(2)28-22-18-12-16(6-8-19(18)24-14-20(22)27(5)23(28)29)17-7-9-21(25-13-17)30-11-10-26(3)4/h6-9,12-15H,10-11H2,1-5H3. The fourth-order valence-electron chi connectivity index (χ4n) is 3.65. The van der Waals surface area contributed by atoms with Gasteiger partial charge in [-0.05, 0) is 51.7 Å². The second kappa shape index (κ2) is 7.91. The number of ether oxygens (including phenoxy) is 1. The van der Waals surface area contributed by atoms with Crippen molar-refractivity contribution in [2.75, 3.05) is 27.2 Å². The Morgan fingerprint density at radius 2 is 1.83 bits per heavy atom. The molecule has 156 valence electrons. The molecule has 3 aromatic heterocycles. The number of pyridine rings is 2. The Kier molecular flexibility index (Phi) is 5.30. The highest BCUT2D eigenvalue weighted by Gasteiger charge is 2.17. The molecule has 0 spiro atoms. The van der Waals surface area contributed by atoms with Crippen LogP contribution in [0.5, 0.6) is 5.88 Å². The third-order valence-corrected chi connectivity index (χ3v) is 5.29. The molecule has 7 heteroatoms. The van der Waals surface area contributed by atoms with Gasteiger partial charge in [-0.25, -0.2) is 9.78 Å². The zero-order chi connectivity index (χ0) is 21.4. The van der Waals surface area contributed by atoms with Crippen molar-refractivity contribution in [1.82, 2.24) is 24.0 Å². The third-order valence-electron chi connectivity index (χ3n) is 5.29. The van der Waals surface area contributed by atoms with Crippen LogP contribution in [0.25, 0.3) is 33.1 Å². The van der Waals surface area contributed by atoms with E-state index in [0.717, 1.165) is 39.6 Å². The Morgan fingerprint density at radius 3 is 2.50 bits per heavy atom. The summed E-state index contributed by atoms with van der Waals surface area (Å²) in [6.07, 6.45) is 3.60. The van der Waals surface area contributed by atoms with Crippen LogP contribution in [0.3, 0.4) is 0 Å². The zero-order valence-corrected chi connectivity index (χ0v) is 18.1. The highest BCUT2D eigenvalue weighted by Crippen LogP contribution is 2.29. The van der Waals surface area contributed by atoms with Crippen molar-refractivity contribution >= 4 is 21.9 Å². The molecule has 0 aliphatic heterocycles. The van der Waals surface area contributed by atoms with E-state index in [4.69, 9.17) is 4.74 Å². The van der Waals surface area contributed by atoms with Gasteiger partial charge >= 0.3 is 5.69 Å². The van der Waals surface area contributed by atoms with Crippen LogP contribution in [0.1, 0.15) is 19.9 Å². The van der Waals surface area contributed by atoms with Crippen LogP contribution in [0.2, 0.25) is 0 Å². The topological polar surface area (TPSA) is 65.2 Å². The number of imidazole rings is 1. The lowest BCUT2D eigenvalue weighted by molar-refractivity contribution is 0.254. The Labute approximate surface area is 175 Å². The van der Waals surface area contributed by atoms with Gasteiger partial charge in [-0.2, -0.15) is 0 Å². The second-order valence-corrected chi connectivity index (χ2v) is 8.07. The van der Waals surface area contributed by atoms with Crippen molar-refractivity contribution in [2.45, 2.75) is 19.9 Å². The van der Waals surface area contributed by atoms with Gasteiger partial charge in [-0.3, -0.25) is 14.1 Å². The van der Waals surface area contributed by atoms with E-state index in [2.05, 4.69) is 20.9 Å². The van der Waals surface area contributed by atoms with Crippen molar-refractivity contribution in [1.29, 1.82) is 0 Å². The van der Waals surface area contributed by atoms with Gasteiger partial charge in [0.1, 0.15) is 6.61 Å². The van der Waals surface area contributed by atoms with Gasteiger partial charge in [0.2, 0.25) is 5.88 Å². The van der Waals surface area contributed by atoms with Gasteiger partial charge < -0.3 is 9.64 Å². The second-order valence-electron chi connectivity index (χ2n) is 8.07. The average molecular weight is 406 g/mol. The van der Waals surface area contributed by atoms with Gasteiger partial charge in [0.25, 0.3) is 0 Å². The quantitative estimate of drug-likeness (QED) is 0.491. The van der Waals surface area contributed by atoms with Crippen LogP contribution < -0.4 is 10.4 Å². The predicted molar refractivity (Wildman–Crippen MR) is 120 cm³/mol. The van der Waals surface area contributed by atoms with E-state index in [1.54, 1.807) is 17.8 Å². The van der Waals surface area contributed by atoms with E-state index in [9.17, 15) is 4.79 Å². The lowest BCUT2D eigenvalue weighted by atomic mass is 10.0. The van der Waals surface area contributed by atoms with Gasteiger partial charge in [0.15, 0.2) is 0 Å². The molecule has 0 fully saturated rings. The summed E-state index contributed by atoms with van der Waals surface area (Å²) in [7, 11) is 5.81. The molecule has 30 heavy (non-hydrogen) atoms. The first-order valence-electron chi connectivity index (χ1n) is 10.1. The molecule has 0 N–H and O–H groups in total. The molecular weight excluding hydrogens is 378 g/mol. The lowest BCUT2D eigenvalue weighted by Gasteiger charge is -2.11. The predicted octanol–water partition coefficient (Wildman–Crippen LogP) is 3.47. The number of nitrogens with zero attached hydrogens (tertiary/aromatic N) is 5. The first kappa shape index (κ1) is 20.1. The first-order chi connectivity index (χ1) is 14.4. The normalized spacial score (nSPS) is 11.8. The SMILES string of the molecule is CC(C)n1c(=O)n(C)c2cnc3ccc(-c4ccc(OCCN(C)C)nc4)cc3c21. The van der Waals surface area contributed by atoms with Crippen LogP contribution in [0, 0.1) is 0 Å². The summed E-state index contributed by atoms with van der Waals surface area (Å²) < 4.78 is 9.19. The first-order valence-corrected chi connectivity index (χ1v) is 10.1. The summed E-state index contributed by atoms with van der Waals surface area (Å²) in [6.45, 7) is 5.48. The molecule has 0 atom stereocenters. The van der Waals surface area contributed by atoms with E-state index >= 15 is 0 Å². The van der Waals surface area contributed by atoms with Crippen molar-refractivity contribution in [2.24, 2.45) is 7.05 Å². The Hall–Kier alpha value is -3.19. The van der Waals surface area contributed by atoms with Crippen LogP contribution in [-0.4, -0.2) is 51.2 Å². The van der Waals surface area contributed by atoms with Crippen LogP contribution in [-0.2, 0) is 7.05 Å². The van der Waals surface area contributed by atoms with E-state index < -0.39 is 0 Å². The van der Waals surface area contributed by atoms with Crippen molar-refractivity contribution < 1.29 is 4.74 Å². The van der Waals surface area contributed by atoms with Crippen LogP contribution in [0.4, 0.5) is 0 Å². The summed E-state index contributed by atoms with van der Waals surface area (Å²) in [6, 6.07) is 10.1. The van der Waals surface area contributed by atoms with E-state index in [0.29, 0.717) is 12.5 Å². The molecule has 0 bridgehead atoms. The minimum atomic E-state index is -0.0272. The molecule has 0 unspecified atom stereocenters. The van der Waals surface area contributed by atoms with Crippen molar-refractivity contribution in [3.05, 3.63) is 53.2 Å². The number of likely N-dealkylation sites (N-methyl/N-ethyl adjacent to an activating group) is 1. The monoisotopic (exact) mass is 405 g/mol. The highest BCUT2D eigenvalue weighted by atomic mass is 16.5. The summed E-state index contributed by atoms with van der Waals surface area (Å²) in [4.78, 5) is 23.8. The third kappa shape index (κ3) is 3.57. The van der Waals surface area contributed by atoms with Crippen molar-refractivity contribution in [3.63, 3.8) is 0 Å². The summed E-state index contributed by atoms with van der Waals surface area (Å²) in [5.74, 6) is 0.613. The Morgan fingerprint density at radius 1 is 1.07 bits per heavy atom. The fourth-order valence-corrected chi connectivity index (χ4v) is 3.65.